The summed E-state index contributed by atoms with van der Waals surface area (Å²) in [7, 11) is 0. The summed E-state index contributed by atoms with van der Waals surface area (Å²) in [5.41, 5.74) is -1.31. The first kappa shape index (κ1) is 11.9. The largest absolute Gasteiger partial charge is 0.506 e. The molecule has 82 valence electrons. The van der Waals surface area contributed by atoms with Crippen LogP contribution in [0.3, 0.4) is 0 Å². The molecule has 1 rings (SSSR count). The Morgan fingerprint density at radius 2 is 2.25 bits per heavy atom. The molecule has 1 N–H and O–H groups in total. The lowest BCUT2D eigenvalue weighted by molar-refractivity contribution is -0.385. The molecule has 0 heterocycles. The van der Waals surface area contributed by atoms with Gasteiger partial charge >= 0.3 is 0 Å². The second kappa shape index (κ2) is 4.59. The van der Waals surface area contributed by atoms with Crippen LogP contribution in [0.1, 0.15) is 15.9 Å². The van der Waals surface area contributed by atoms with Crippen LogP contribution in [-0.4, -0.2) is 21.7 Å². The van der Waals surface area contributed by atoms with E-state index in [1.54, 1.807) is 6.07 Å². The van der Waals surface area contributed by atoms with Crippen molar-refractivity contribution in [2.45, 2.75) is 0 Å². The van der Waals surface area contributed by atoms with Crippen molar-refractivity contribution in [1.82, 2.24) is 0 Å². The SMILES string of the molecule is N#Cc1ccc([N+](=O)[O-])c(C(=O)CCl)c1O. The van der Waals surface area contributed by atoms with Crippen molar-refractivity contribution in [1.29, 1.82) is 5.26 Å². The number of rotatable bonds is 3. The summed E-state index contributed by atoms with van der Waals surface area (Å²) >= 11 is 5.26. The van der Waals surface area contributed by atoms with Crippen LogP contribution >= 0.6 is 11.6 Å². The molecule has 1 aromatic carbocycles. The van der Waals surface area contributed by atoms with Crippen LogP contribution in [0.5, 0.6) is 5.75 Å². The number of ketones is 1. The lowest BCUT2D eigenvalue weighted by atomic mass is 10.0. The molecule has 0 spiro atoms. The number of aromatic hydroxyl groups is 1. The van der Waals surface area contributed by atoms with Gasteiger partial charge in [-0.15, -0.1) is 11.6 Å². The highest BCUT2D eigenvalue weighted by Crippen LogP contribution is 2.31. The molecule has 0 bridgehead atoms. The van der Waals surface area contributed by atoms with Crippen LogP contribution in [0.25, 0.3) is 0 Å². The highest BCUT2D eigenvalue weighted by atomic mass is 35.5. The summed E-state index contributed by atoms with van der Waals surface area (Å²) in [5, 5.41) is 28.7. The second-order valence-corrected chi connectivity index (χ2v) is 3.05. The standard InChI is InChI=1S/C9H5ClN2O4/c10-3-7(13)8-6(12(15)16)2-1-5(4-11)9(8)14/h1-2,14H,3H2. The number of alkyl halides is 1. The number of nitrogens with zero attached hydrogens (tertiary/aromatic N) is 2. The van der Waals surface area contributed by atoms with Gasteiger partial charge in [0.1, 0.15) is 11.6 Å². The molecule has 0 fully saturated rings. The summed E-state index contributed by atoms with van der Waals surface area (Å²) in [4.78, 5) is 21.1. The Morgan fingerprint density at radius 3 is 2.69 bits per heavy atom. The molecule has 0 saturated carbocycles. The highest BCUT2D eigenvalue weighted by Gasteiger charge is 2.25. The molecule has 0 aliphatic rings. The number of benzene rings is 1. The van der Waals surface area contributed by atoms with Crippen LogP contribution in [-0.2, 0) is 0 Å². The summed E-state index contributed by atoms with van der Waals surface area (Å²) in [5.74, 6) is -2.02. The second-order valence-electron chi connectivity index (χ2n) is 2.78. The summed E-state index contributed by atoms with van der Waals surface area (Å²) in [6.07, 6.45) is 0. The minimum atomic E-state index is -0.819. The molecule has 6 nitrogen and oxygen atoms in total. The third kappa shape index (κ3) is 1.94. The van der Waals surface area contributed by atoms with E-state index < -0.39 is 33.6 Å². The average molecular weight is 241 g/mol. The number of hydrogen-bond donors (Lipinski definition) is 1. The Balaban J connectivity index is 3.56. The minimum absolute atomic E-state index is 0.209. The zero-order valence-corrected chi connectivity index (χ0v) is 8.56. The molecule has 1 aromatic rings. The first-order valence-electron chi connectivity index (χ1n) is 4.02. The van der Waals surface area contributed by atoms with Crippen LogP contribution in [0.15, 0.2) is 12.1 Å². The van der Waals surface area contributed by atoms with Gasteiger partial charge in [-0.25, -0.2) is 0 Å². The molecule has 16 heavy (non-hydrogen) atoms. The molecule has 7 heteroatoms. The summed E-state index contributed by atoms with van der Waals surface area (Å²) < 4.78 is 0. The van der Waals surface area contributed by atoms with Crippen molar-refractivity contribution < 1.29 is 14.8 Å². The molecule has 0 aromatic heterocycles. The fourth-order valence-electron chi connectivity index (χ4n) is 1.16. The molecule has 0 aliphatic heterocycles. The van der Waals surface area contributed by atoms with Crippen LogP contribution < -0.4 is 0 Å². The molecule has 0 unspecified atom stereocenters. The molecule has 0 aliphatic carbocycles. The predicted molar refractivity (Wildman–Crippen MR) is 54.5 cm³/mol. The first-order valence-corrected chi connectivity index (χ1v) is 4.56. The van der Waals surface area contributed by atoms with E-state index in [0.717, 1.165) is 12.1 Å². The Morgan fingerprint density at radius 1 is 1.62 bits per heavy atom. The van der Waals surface area contributed by atoms with Gasteiger partial charge in [-0.05, 0) is 6.07 Å². The van der Waals surface area contributed by atoms with Gasteiger partial charge in [0.2, 0.25) is 0 Å². The number of nitro benzene ring substituents is 1. The van der Waals surface area contributed by atoms with Crippen molar-refractivity contribution in [3.05, 3.63) is 33.4 Å². The number of halogens is 1. The Hall–Kier alpha value is -2.13. The lowest BCUT2D eigenvalue weighted by Crippen LogP contribution is -2.06. The van der Waals surface area contributed by atoms with E-state index in [2.05, 4.69) is 0 Å². The van der Waals surface area contributed by atoms with Gasteiger partial charge in [0.25, 0.3) is 5.69 Å². The molecule has 0 radical (unpaired) electrons. The van der Waals surface area contributed by atoms with Gasteiger partial charge in [-0.2, -0.15) is 5.26 Å². The number of nitriles is 1. The van der Waals surface area contributed by atoms with E-state index in [1.165, 1.54) is 0 Å². The van der Waals surface area contributed by atoms with Gasteiger partial charge in [0, 0.05) is 6.07 Å². The van der Waals surface area contributed by atoms with Crippen LogP contribution in [0.4, 0.5) is 5.69 Å². The number of phenols is 1. The van der Waals surface area contributed by atoms with E-state index in [1.807, 2.05) is 0 Å². The predicted octanol–water partition coefficient (Wildman–Crippen LogP) is 1.59. The maximum Gasteiger partial charge on any atom is 0.284 e. The van der Waals surface area contributed by atoms with E-state index in [4.69, 9.17) is 16.9 Å². The molecule has 0 saturated heterocycles. The van der Waals surface area contributed by atoms with Gasteiger partial charge in [-0.1, -0.05) is 0 Å². The number of nitro groups is 1. The maximum atomic E-state index is 11.3. The summed E-state index contributed by atoms with van der Waals surface area (Å²) in [6.45, 7) is 0. The maximum absolute atomic E-state index is 11.3. The Kier molecular flexibility index (Phi) is 3.43. The normalized spacial score (nSPS) is 9.50. The van der Waals surface area contributed by atoms with Crippen LogP contribution in [0, 0.1) is 21.4 Å². The third-order valence-electron chi connectivity index (χ3n) is 1.87. The van der Waals surface area contributed by atoms with Crippen molar-refractivity contribution in [3.8, 4) is 11.8 Å². The number of carbonyl (C=O) groups is 1. The topological polar surface area (TPSA) is 104 Å². The van der Waals surface area contributed by atoms with Crippen molar-refractivity contribution in [2.75, 3.05) is 5.88 Å². The van der Waals surface area contributed by atoms with Gasteiger partial charge < -0.3 is 5.11 Å². The molecular formula is C9H5ClN2O4. The van der Waals surface area contributed by atoms with E-state index >= 15 is 0 Å². The number of phenolic OH excluding ortho intramolecular Hbond substituents is 1. The quantitative estimate of drug-likeness (QED) is 0.374. The fraction of sp³-hybridized carbons (Fsp3) is 0.111. The van der Waals surface area contributed by atoms with Crippen molar-refractivity contribution in [3.63, 3.8) is 0 Å². The Bertz CT molecular complexity index is 507. The Labute approximate surface area is 94.8 Å². The zero-order chi connectivity index (χ0) is 12.3. The molecular weight excluding hydrogens is 236 g/mol. The summed E-state index contributed by atoms with van der Waals surface area (Å²) in [6, 6.07) is 3.66. The van der Waals surface area contributed by atoms with Crippen LogP contribution in [0.2, 0.25) is 0 Å². The van der Waals surface area contributed by atoms with Gasteiger partial charge in [-0.3, -0.25) is 14.9 Å². The monoisotopic (exact) mass is 240 g/mol. The highest BCUT2D eigenvalue weighted by molar-refractivity contribution is 6.31. The molecule has 0 amide bonds. The van der Waals surface area contributed by atoms with Gasteiger partial charge in [0.05, 0.1) is 16.4 Å². The average Bonchev–Trinajstić information content (AvgIpc) is 2.27. The first-order chi connectivity index (χ1) is 7.52. The van der Waals surface area contributed by atoms with Crippen molar-refractivity contribution in [2.24, 2.45) is 0 Å². The number of hydrogen-bond acceptors (Lipinski definition) is 5. The van der Waals surface area contributed by atoms with Gasteiger partial charge in [0.15, 0.2) is 11.5 Å². The van der Waals surface area contributed by atoms with E-state index in [-0.39, 0.29) is 5.56 Å². The van der Waals surface area contributed by atoms with E-state index in [9.17, 15) is 20.0 Å². The van der Waals surface area contributed by atoms with Crippen molar-refractivity contribution >= 4 is 23.1 Å². The smallest absolute Gasteiger partial charge is 0.284 e. The lowest BCUT2D eigenvalue weighted by Gasteiger charge is -2.03. The third-order valence-corrected chi connectivity index (χ3v) is 2.12. The fourth-order valence-corrected chi connectivity index (χ4v) is 1.30. The number of carbonyl (C=O) groups excluding carboxylic acids is 1. The molecule has 0 atom stereocenters. The minimum Gasteiger partial charge on any atom is -0.506 e. The number of Topliss-reactive ketones (excluding diaryl/α,β-unsaturated/α-hetero) is 1. The zero-order valence-electron chi connectivity index (χ0n) is 7.81. The van der Waals surface area contributed by atoms with E-state index in [0.29, 0.717) is 0 Å².